The Morgan fingerprint density at radius 2 is 2.14 bits per heavy atom. The molecule has 0 aliphatic rings. The van der Waals surface area contributed by atoms with Gasteiger partial charge in [0, 0.05) is 26.4 Å². The van der Waals surface area contributed by atoms with Crippen LogP contribution < -0.4 is 14.8 Å². The van der Waals surface area contributed by atoms with Crippen molar-refractivity contribution in [3.63, 3.8) is 0 Å². The van der Waals surface area contributed by atoms with Crippen molar-refractivity contribution < 1.29 is 14.2 Å². The molecule has 0 bridgehead atoms. The first-order valence-corrected chi connectivity index (χ1v) is 7.58. The molecule has 0 saturated heterocycles. The number of rotatable bonds is 9. The first-order valence-electron chi connectivity index (χ1n) is 6.70. The van der Waals surface area contributed by atoms with Gasteiger partial charge in [0.05, 0.1) is 24.1 Å². The minimum absolute atomic E-state index is 0.502. The van der Waals surface area contributed by atoms with Crippen LogP contribution in [-0.2, 0) is 17.9 Å². The molecule has 1 aromatic heterocycles. The Bertz CT molecular complexity index is 532. The van der Waals surface area contributed by atoms with Gasteiger partial charge in [-0.15, -0.1) is 11.3 Å². The zero-order valence-corrected chi connectivity index (χ0v) is 13.1. The lowest BCUT2D eigenvalue weighted by molar-refractivity contribution is 0.199. The molecule has 1 aromatic carbocycles. The molecule has 0 unspecified atom stereocenters. The first kappa shape index (κ1) is 15.8. The number of aromatic nitrogens is 1. The van der Waals surface area contributed by atoms with Crippen LogP contribution in [0.1, 0.15) is 10.4 Å². The quantitative estimate of drug-likeness (QED) is 0.721. The molecule has 2 aromatic rings. The molecule has 0 saturated carbocycles. The average Bonchev–Trinajstić information content (AvgIpc) is 3.03. The molecule has 2 rings (SSSR count). The summed E-state index contributed by atoms with van der Waals surface area (Å²) in [6.45, 7) is 2.79. The Hall–Kier alpha value is -1.63. The third-order valence-corrected chi connectivity index (χ3v) is 3.65. The van der Waals surface area contributed by atoms with Gasteiger partial charge in [-0.3, -0.25) is 4.98 Å². The Balaban J connectivity index is 1.96. The third-order valence-electron chi connectivity index (χ3n) is 2.89. The van der Waals surface area contributed by atoms with Crippen LogP contribution in [0.15, 0.2) is 29.9 Å². The van der Waals surface area contributed by atoms with Crippen molar-refractivity contribution in [1.82, 2.24) is 10.3 Å². The summed E-state index contributed by atoms with van der Waals surface area (Å²) in [7, 11) is 3.34. The van der Waals surface area contributed by atoms with E-state index in [9.17, 15) is 0 Å². The predicted molar refractivity (Wildman–Crippen MR) is 83.0 cm³/mol. The number of methoxy groups -OCH3 is 2. The van der Waals surface area contributed by atoms with E-state index in [0.29, 0.717) is 13.2 Å². The monoisotopic (exact) mass is 308 g/mol. The molecule has 6 heteroatoms. The molecule has 0 spiro atoms. The lowest BCUT2D eigenvalue weighted by Crippen LogP contribution is -2.18. The van der Waals surface area contributed by atoms with Gasteiger partial charge >= 0.3 is 0 Å². The van der Waals surface area contributed by atoms with Gasteiger partial charge in [0.2, 0.25) is 0 Å². The second-order valence-electron chi connectivity index (χ2n) is 4.41. The largest absolute Gasteiger partial charge is 0.493 e. The van der Waals surface area contributed by atoms with E-state index in [0.717, 1.165) is 35.0 Å². The fraction of sp³-hybridized carbons (Fsp3) is 0.400. The van der Waals surface area contributed by atoms with E-state index in [1.165, 1.54) is 0 Å². The van der Waals surface area contributed by atoms with Gasteiger partial charge in [-0.2, -0.15) is 0 Å². The molecule has 114 valence electrons. The van der Waals surface area contributed by atoms with Crippen molar-refractivity contribution >= 4 is 11.3 Å². The minimum atomic E-state index is 0.502. The highest BCUT2D eigenvalue weighted by molar-refractivity contribution is 7.09. The molecule has 5 nitrogen and oxygen atoms in total. The van der Waals surface area contributed by atoms with Gasteiger partial charge in [0.25, 0.3) is 0 Å². The Morgan fingerprint density at radius 1 is 1.24 bits per heavy atom. The van der Waals surface area contributed by atoms with Crippen molar-refractivity contribution in [1.29, 1.82) is 0 Å². The van der Waals surface area contributed by atoms with Crippen molar-refractivity contribution in [3.05, 3.63) is 40.3 Å². The number of nitrogens with zero attached hydrogens (tertiary/aromatic N) is 1. The van der Waals surface area contributed by atoms with E-state index in [2.05, 4.69) is 10.3 Å². The zero-order chi connectivity index (χ0) is 14.9. The van der Waals surface area contributed by atoms with Crippen LogP contribution in [0.25, 0.3) is 0 Å². The summed E-state index contributed by atoms with van der Waals surface area (Å²) in [5, 5.41) is 3.31. The van der Waals surface area contributed by atoms with E-state index in [4.69, 9.17) is 14.2 Å². The first-order chi connectivity index (χ1) is 10.3. The zero-order valence-electron chi connectivity index (χ0n) is 12.3. The standard InChI is InChI=1S/C15H20N2O3S/c1-18-6-5-16-8-12-3-4-14(19-2)15(7-12)20-10-13-9-17-11-21-13/h3-4,7,9,11,16H,5-6,8,10H2,1-2H3. The summed E-state index contributed by atoms with van der Waals surface area (Å²) < 4.78 is 16.2. The molecule has 0 fully saturated rings. The smallest absolute Gasteiger partial charge is 0.162 e. The van der Waals surface area contributed by atoms with E-state index < -0.39 is 0 Å². The number of hydrogen-bond donors (Lipinski definition) is 1. The van der Waals surface area contributed by atoms with Crippen molar-refractivity contribution in [2.45, 2.75) is 13.2 Å². The average molecular weight is 308 g/mol. The molecule has 0 atom stereocenters. The lowest BCUT2D eigenvalue weighted by Gasteiger charge is -2.12. The van der Waals surface area contributed by atoms with Gasteiger partial charge in [-0.25, -0.2) is 0 Å². The third kappa shape index (κ3) is 5.00. The summed E-state index contributed by atoms with van der Waals surface area (Å²) in [6.07, 6.45) is 1.81. The van der Waals surface area contributed by atoms with E-state index in [-0.39, 0.29) is 0 Å². The number of hydrogen-bond acceptors (Lipinski definition) is 6. The van der Waals surface area contributed by atoms with Crippen molar-refractivity contribution in [3.8, 4) is 11.5 Å². The maximum absolute atomic E-state index is 5.83. The van der Waals surface area contributed by atoms with Gasteiger partial charge in [-0.1, -0.05) is 6.07 Å². The highest BCUT2D eigenvalue weighted by atomic mass is 32.1. The second kappa shape index (κ2) is 8.61. The Kier molecular flexibility index (Phi) is 6.46. The van der Waals surface area contributed by atoms with Gasteiger partial charge < -0.3 is 19.5 Å². The van der Waals surface area contributed by atoms with Gasteiger partial charge in [0.1, 0.15) is 6.61 Å². The van der Waals surface area contributed by atoms with E-state index >= 15 is 0 Å². The number of benzene rings is 1. The van der Waals surface area contributed by atoms with Crippen LogP contribution >= 0.6 is 11.3 Å². The van der Waals surface area contributed by atoms with Crippen molar-refractivity contribution in [2.75, 3.05) is 27.4 Å². The molecule has 0 radical (unpaired) electrons. The summed E-state index contributed by atoms with van der Waals surface area (Å²) in [6, 6.07) is 5.95. The molecule has 0 aliphatic heterocycles. The van der Waals surface area contributed by atoms with E-state index in [1.807, 2.05) is 24.4 Å². The SMILES string of the molecule is COCCNCc1ccc(OC)c(OCc2cncs2)c1. The lowest BCUT2D eigenvalue weighted by atomic mass is 10.2. The Labute approximate surface area is 128 Å². The molecular formula is C15H20N2O3S. The van der Waals surface area contributed by atoms with Gasteiger partial charge in [-0.05, 0) is 17.7 Å². The molecule has 21 heavy (non-hydrogen) atoms. The topological polar surface area (TPSA) is 52.6 Å². The molecular weight excluding hydrogens is 288 g/mol. The Morgan fingerprint density at radius 3 is 2.86 bits per heavy atom. The van der Waals surface area contributed by atoms with Crippen LogP contribution in [0.5, 0.6) is 11.5 Å². The number of nitrogens with one attached hydrogen (secondary N) is 1. The highest BCUT2D eigenvalue weighted by Crippen LogP contribution is 2.29. The van der Waals surface area contributed by atoms with Crippen molar-refractivity contribution in [2.24, 2.45) is 0 Å². The van der Waals surface area contributed by atoms with Gasteiger partial charge in [0.15, 0.2) is 11.5 Å². The molecule has 0 aliphatic carbocycles. The van der Waals surface area contributed by atoms with Crippen LogP contribution in [0.3, 0.4) is 0 Å². The normalized spacial score (nSPS) is 10.6. The number of thiazole rings is 1. The fourth-order valence-corrected chi connectivity index (χ4v) is 2.32. The van der Waals surface area contributed by atoms with Crippen LogP contribution in [0, 0.1) is 0 Å². The molecule has 1 heterocycles. The maximum Gasteiger partial charge on any atom is 0.162 e. The summed E-state index contributed by atoms with van der Waals surface area (Å²) in [5.74, 6) is 1.48. The number of ether oxygens (including phenoxy) is 3. The molecule has 0 amide bonds. The highest BCUT2D eigenvalue weighted by Gasteiger charge is 2.07. The van der Waals surface area contributed by atoms with Crippen LogP contribution in [-0.4, -0.2) is 32.4 Å². The molecule has 1 N–H and O–H groups in total. The maximum atomic E-state index is 5.83. The van der Waals surface area contributed by atoms with E-state index in [1.54, 1.807) is 31.1 Å². The summed E-state index contributed by atoms with van der Waals surface area (Å²) in [4.78, 5) is 5.12. The fourth-order valence-electron chi connectivity index (χ4n) is 1.81. The predicted octanol–water partition coefficient (Wildman–Crippen LogP) is 2.47. The summed E-state index contributed by atoms with van der Waals surface area (Å²) in [5.41, 5.74) is 2.94. The second-order valence-corrected chi connectivity index (χ2v) is 5.38. The van der Waals surface area contributed by atoms with Crippen LogP contribution in [0.4, 0.5) is 0 Å². The minimum Gasteiger partial charge on any atom is -0.493 e. The van der Waals surface area contributed by atoms with Crippen LogP contribution in [0.2, 0.25) is 0 Å². The summed E-state index contributed by atoms with van der Waals surface area (Å²) >= 11 is 1.58.